The molecule has 0 bridgehead atoms. The van der Waals surface area contributed by atoms with Crippen molar-refractivity contribution in [2.45, 2.75) is 17.9 Å². The van der Waals surface area contributed by atoms with Gasteiger partial charge < -0.3 is 12.4 Å². The second kappa shape index (κ2) is 8.26. The Kier molecular flexibility index (Phi) is 6.52. The van der Waals surface area contributed by atoms with E-state index in [9.17, 15) is 13.2 Å². The molecule has 1 unspecified atom stereocenters. The van der Waals surface area contributed by atoms with Crippen molar-refractivity contribution in [3.63, 3.8) is 0 Å². The quantitative estimate of drug-likeness (QED) is 0.559. The van der Waals surface area contributed by atoms with E-state index in [1.807, 2.05) is 24.3 Å². The average Bonchev–Trinajstić information content (AvgIpc) is 2.61. The van der Waals surface area contributed by atoms with E-state index in [0.717, 1.165) is 15.2 Å². The molecule has 1 atom stereocenters. The van der Waals surface area contributed by atoms with Crippen molar-refractivity contribution >= 4 is 42.6 Å². The molecule has 2 aromatic carbocycles. The standard InChI is InChI=1S/C18H16BrN2O3S.ClH/c1-13(20-25(23,24)15-8-3-2-4-9-15)18(22)21-11-14-7-5-6-10-16(14)17(19)12-21;/h2-13,20H,1H3;1H/q+1;/p-1. The van der Waals surface area contributed by atoms with Crippen molar-refractivity contribution in [2.75, 3.05) is 0 Å². The lowest BCUT2D eigenvalue weighted by Crippen LogP contribution is -3.00. The number of halogens is 2. The molecule has 26 heavy (non-hydrogen) atoms. The van der Waals surface area contributed by atoms with Gasteiger partial charge in [0.1, 0.15) is 6.04 Å². The Labute approximate surface area is 166 Å². The van der Waals surface area contributed by atoms with Crippen LogP contribution in [0.25, 0.3) is 10.8 Å². The minimum absolute atomic E-state index is 0. The predicted molar refractivity (Wildman–Crippen MR) is 98.7 cm³/mol. The molecule has 0 aliphatic heterocycles. The first-order valence-corrected chi connectivity index (χ1v) is 9.87. The number of sulfonamides is 1. The normalized spacial score (nSPS) is 12.4. The monoisotopic (exact) mass is 454 g/mol. The van der Waals surface area contributed by atoms with Gasteiger partial charge in [0.25, 0.3) is 0 Å². The Morgan fingerprint density at radius 1 is 1.04 bits per heavy atom. The minimum atomic E-state index is -3.76. The van der Waals surface area contributed by atoms with Crippen LogP contribution in [0.5, 0.6) is 0 Å². The van der Waals surface area contributed by atoms with E-state index in [-0.39, 0.29) is 23.2 Å². The topological polar surface area (TPSA) is 67.1 Å². The molecule has 0 radical (unpaired) electrons. The third-order valence-electron chi connectivity index (χ3n) is 3.76. The van der Waals surface area contributed by atoms with Crippen LogP contribution in [-0.2, 0) is 10.0 Å². The second-order valence-corrected chi connectivity index (χ2v) is 8.16. The molecule has 5 nitrogen and oxygen atoms in total. The van der Waals surface area contributed by atoms with Gasteiger partial charge in [0, 0.05) is 10.8 Å². The van der Waals surface area contributed by atoms with Gasteiger partial charge in [0.2, 0.25) is 10.0 Å². The molecule has 136 valence electrons. The third-order valence-corrected chi connectivity index (χ3v) is 5.95. The Morgan fingerprint density at radius 2 is 1.65 bits per heavy atom. The van der Waals surface area contributed by atoms with Crippen molar-refractivity contribution in [3.8, 4) is 0 Å². The number of hydrogen-bond donors (Lipinski definition) is 1. The van der Waals surface area contributed by atoms with Crippen molar-refractivity contribution in [2.24, 2.45) is 0 Å². The first kappa shape index (κ1) is 20.5. The molecule has 0 fully saturated rings. The average molecular weight is 456 g/mol. The largest absolute Gasteiger partial charge is 1.00 e. The molecule has 1 aromatic heterocycles. The number of carbonyl (C=O) groups excluding carboxylic acids is 1. The minimum Gasteiger partial charge on any atom is -1.00 e. The maximum Gasteiger partial charge on any atom is 0.409 e. The first-order valence-electron chi connectivity index (χ1n) is 7.59. The van der Waals surface area contributed by atoms with Crippen LogP contribution < -0.4 is 21.7 Å². The number of benzene rings is 2. The summed E-state index contributed by atoms with van der Waals surface area (Å²) in [6.45, 7) is 1.53. The highest BCUT2D eigenvalue weighted by molar-refractivity contribution is 9.10. The molecule has 0 amide bonds. The molecular weight excluding hydrogens is 440 g/mol. The van der Waals surface area contributed by atoms with E-state index in [1.54, 1.807) is 30.6 Å². The maximum atomic E-state index is 12.7. The lowest BCUT2D eigenvalue weighted by atomic mass is 10.2. The van der Waals surface area contributed by atoms with Gasteiger partial charge in [-0.1, -0.05) is 36.4 Å². The van der Waals surface area contributed by atoms with Crippen LogP contribution in [0.3, 0.4) is 0 Å². The number of fused-ring (bicyclic) bond motifs is 1. The molecule has 0 saturated carbocycles. The first-order chi connectivity index (χ1) is 11.9. The Morgan fingerprint density at radius 3 is 2.35 bits per heavy atom. The summed E-state index contributed by atoms with van der Waals surface area (Å²) >= 11 is 3.45. The smallest absolute Gasteiger partial charge is 0.409 e. The van der Waals surface area contributed by atoms with Crippen LogP contribution in [0.15, 0.2) is 76.4 Å². The highest BCUT2D eigenvalue weighted by Gasteiger charge is 2.29. The Hall–Kier alpha value is -1.80. The van der Waals surface area contributed by atoms with Crippen LogP contribution in [0.2, 0.25) is 0 Å². The van der Waals surface area contributed by atoms with E-state index in [2.05, 4.69) is 20.7 Å². The molecular formula is C18H16BrClN2O3S. The second-order valence-electron chi connectivity index (χ2n) is 5.59. The number of carbonyl (C=O) groups is 1. The molecule has 0 aliphatic carbocycles. The number of nitrogens with zero attached hydrogens (tertiary/aromatic N) is 1. The summed E-state index contributed by atoms with van der Waals surface area (Å²) in [5, 5.41) is 1.85. The summed E-state index contributed by atoms with van der Waals surface area (Å²) in [4.78, 5) is 12.8. The number of hydrogen-bond acceptors (Lipinski definition) is 3. The summed E-state index contributed by atoms with van der Waals surface area (Å²) in [6, 6.07) is 14.7. The van der Waals surface area contributed by atoms with Crippen molar-refractivity contribution in [1.82, 2.24) is 4.72 Å². The summed E-state index contributed by atoms with van der Waals surface area (Å²) in [6.07, 6.45) is 3.33. The molecule has 0 aliphatic rings. The van der Waals surface area contributed by atoms with Crippen molar-refractivity contribution in [3.05, 3.63) is 71.5 Å². The lowest BCUT2D eigenvalue weighted by molar-refractivity contribution is -0.574. The summed E-state index contributed by atoms with van der Waals surface area (Å²) < 4.78 is 29.3. The van der Waals surface area contributed by atoms with E-state index in [1.165, 1.54) is 23.6 Å². The van der Waals surface area contributed by atoms with E-state index in [4.69, 9.17) is 0 Å². The molecule has 0 spiro atoms. The predicted octanol–water partition coefficient (Wildman–Crippen LogP) is -0.0990. The van der Waals surface area contributed by atoms with Crippen molar-refractivity contribution < 1.29 is 30.2 Å². The number of pyridine rings is 1. The van der Waals surface area contributed by atoms with Gasteiger partial charge in [0.15, 0.2) is 12.4 Å². The summed E-state index contributed by atoms with van der Waals surface area (Å²) in [7, 11) is -3.76. The van der Waals surface area contributed by atoms with E-state index >= 15 is 0 Å². The fraction of sp³-hybridized carbons (Fsp3) is 0.111. The van der Waals surface area contributed by atoms with Crippen LogP contribution >= 0.6 is 15.9 Å². The zero-order valence-corrected chi connectivity index (χ0v) is 16.9. The molecule has 3 aromatic rings. The fourth-order valence-electron chi connectivity index (χ4n) is 2.51. The van der Waals surface area contributed by atoms with E-state index < -0.39 is 16.1 Å². The fourth-order valence-corrected chi connectivity index (χ4v) is 4.31. The van der Waals surface area contributed by atoms with Crippen molar-refractivity contribution in [1.29, 1.82) is 0 Å². The van der Waals surface area contributed by atoms with Gasteiger partial charge in [-0.25, -0.2) is 13.2 Å². The Balaban J connectivity index is 0.00000243. The van der Waals surface area contributed by atoms with Gasteiger partial charge in [-0.2, -0.15) is 4.72 Å². The molecule has 1 heterocycles. The van der Waals surface area contributed by atoms with Gasteiger partial charge >= 0.3 is 5.91 Å². The Bertz CT molecular complexity index is 1040. The zero-order chi connectivity index (χ0) is 18.0. The third kappa shape index (κ3) is 4.29. The van der Waals surface area contributed by atoms with Gasteiger partial charge in [-0.3, -0.25) is 0 Å². The van der Waals surface area contributed by atoms with Gasteiger partial charge in [-0.05, 0) is 41.1 Å². The van der Waals surface area contributed by atoms with Crippen LogP contribution in [-0.4, -0.2) is 20.4 Å². The highest BCUT2D eigenvalue weighted by atomic mass is 79.9. The summed E-state index contributed by atoms with van der Waals surface area (Å²) in [5.74, 6) is -0.369. The van der Waals surface area contributed by atoms with Gasteiger partial charge in [-0.15, -0.1) is 4.57 Å². The maximum absolute atomic E-state index is 12.7. The highest BCUT2D eigenvalue weighted by Crippen LogP contribution is 2.21. The molecule has 0 saturated heterocycles. The molecule has 1 N–H and O–H groups in total. The van der Waals surface area contributed by atoms with Crippen LogP contribution in [0, 0.1) is 0 Å². The molecule has 8 heteroatoms. The zero-order valence-electron chi connectivity index (χ0n) is 13.8. The number of aromatic nitrogens is 1. The van der Waals surface area contributed by atoms with Gasteiger partial charge in [0.05, 0.1) is 9.37 Å². The lowest BCUT2D eigenvalue weighted by Gasteiger charge is -2.10. The van der Waals surface area contributed by atoms with Crippen LogP contribution in [0.1, 0.15) is 11.7 Å². The summed E-state index contributed by atoms with van der Waals surface area (Å²) in [5.41, 5.74) is 0. The van der Waals surface area contributed by atoms with Crippen LogP contribution in [0.4, 0.5) is 0 Å². The molecule has 3 rings (SSSR count). The van der Waals surface area contributed by atoms with E-state index in [0.29, 0.717) is 0 Å². The number of nitrogens with one attached hydrogen (secondary N) is 1. The SMILES string of the molecule is CC(NS(=O)(=O)c1ccccc1)C(=O)[n+]1cc(Br)c2ccccc2c1.[Cl-]. The number of rotatable bonds is 4.